The van der Waals surface area contributed by atoms with Gasteiger partial charge in [0.05, 0.1) is 7.45 Å². The first-order valence-corrected chi connectivity index (χ1v) is 3.27. The van der Waals surface area contributed by atoms with E-state index in [4.69, 9.17) is 6.11 Å². The standard InChI is InChI=1S/C9H12O/c1-8(10-2)9-6-4-3-5-7-9/h3-8H,1-2H3/t8-/m0/s1/i8D. The molecule has 1 atom stereocenters. The molecule has 1 heteroatoms. The van der Waals surface area contributed by atoms with Crippen molar-refractivity contribution in [2.75, 3.05) is 7.11 Å². The summed E-state index contributed by atoms with van der Waals surface area (Å²) in [6.07, 6.45) is -0.915. The fourth-order valence-electron chi connectivity index (χ4n) is 0.791. The number of methoxy groups -OCH3 is 1. The number of rotatable bonds is 2. The molecule has 0 spiro atoms. The van der Waals surface area contributed by atoms with Crippen LogP contribution in [0.1, 0.15) is 19.9 Å². The van der Waals surface area contributed by atoms with Crippen LogP contribution in [0.25, 0.3) is 0 Å². The average molecular weight is 137 g/mol. The molecule has 0 aliphatic rings. The molecule has 1 aromatic carbocycles. The molecule has 1 aromatic rings. The van der Waals surface area contributed by atoms with Crippen LogP contribution in [-0.4, -0.2) is 7.11 Å². The maximum Gasteiger partial charge on any atom is 0.0793 e. The predicted molar refractivity (Wildman–Crippen MR) is 41.9 cm³/mol. The predicted octanol–water partition coefficient (Wildman–Crippen LogP) is 2.39. The molecule has 0 unspecified atom stereocenters. The van der Waals surface area contributed by atoms with Gasteiger partial charge in [-0.2, -0.15) is 0 Å². The van der Waals surface area contributed by atoms with Gasteiger partial charge in [0, 0.05) is 7.11 Å². The Kier molecular flexibility index (Phi) is 2.00. The first kappa shape index (κ1) is 5.93. The summed E-state index contributed by atoms with van der Waals surface area (Å²) < 4.78 is 12.7. The highest BCUT2D eigenvalue weighted by molar-refractivity contribution is 5.16. The van der Waals surface area contributed by atoms with Crippen LogP contribution in [0.5, 0.6) is 0 Å². The fourth-order valence-corrected chi connectivity index (χ4v) is 0.791. The summed E-state index contributed by atoms with van der Waals surface area (Å²) >= 11 is 0. The van der Waals surface area contributed by atoms with Gasteiger partial charge in [0.25, 0.3) is 0 Å². The number of hydrogen-bond acceptors (Lipinski definition) is 1. The molecule has 1 rings (SSSR count). The molecular formula is C9H12O. The molecule has 0 N–H and O–H groups in total. The van der Waals surface area contributed by atoms with E-state index >= 15 is 0 Å². The molecule has 0 aromatic heterocycles. The van der Waals surface area contributed by atoms with Crippen LogP contribution in [0.3, 0.4) is 0 Å². The van der Waals surface area contributed by atoms with E-state index in [9.17, 15) is 0 Å². The van der Waals surface area contributed by atoms with Crippen molar-refractivity contribution in [3.63, 3.8) is 0 Å². The topological polar surface area (TPSA) is 9.23 Å². The third kappa shape index (κ3) is 1.58. The van der Waals surface area contributed by atoms with Crippen molar-refractivity contribution in [3.8, 4) is 0 Å². The zero-order chi connectivity index (χ0) is 8.32. The van der Waals surface area contributed by atoms with Crippen LogP contribution >= 0.6 is 0 Å². The number of benzene rings is 1. The number of hydrogen-bond donors (Lipinski definition) is 0. The summed E-state index contributed by atoms with van der Waals surface area (Å²) in [6.45, 7) is 1.72. The lowest BCUT2D eigenvalue weighted by molar-refractivity contribution is 0.119. The van der Waals surface area contributed by atoms with Gasteiger partial charge in [-0.25, -0.2) is 0 Å². The first-order valence-electron chi connectivity index (χ1n) is 3.77. The van der Waals surface area contributed by atoms with E-state index in [2.05, 4.69) is 0 Å². The summed E-state index contributed by atoms with van der Waals surface area (Å²) in [5.74, 6) is 0. The molecule has 0 fully saturated rings. The largest absolute Gasteiger partial charge is 0.377 e. The third-order valence-corrected chi connectivity index (χ3v) is 1.49. The van der Waals surface area contributed by atoms with Gasteiger partial charge in [-0.15, -0.1) is 0 Å². The van der Waals surface area contributed by atoms with Gasteiger partial charge < -0.3 is 4.74 Å². The molecular weight excluding hydrogens is 124 g/mol. The van der Waals surface area contributed by atoms with Crippen molar-refractivity contribution >= 4 is 0 Å². The number of ether oxygens (including phenoxy) is 1. The third-order valence-electron chi connectivity index (χ3n) is 1.49. The maximum atomic E-state index is 7.69. The quantitative estimate of drug-likeness (QED) is 0.608. The van der Waals surface area contributed by atoms with E-state index in [0.29, 0.717) is 0 Å². The van der Waals surface area contributed by atoms with Gasteiger partial charge in [0.2, 0.25) is 0 Å². The van der Waals surface area contributed by atoms with Gasteiger partial charge in [0.15, 0.2) is 0 Å². The molecule has 0 amide bonds. The SMILES string of the molecule is [2H][C@@](C)(OC)c1ccccc1. The van der Waals surface area contributed by atoms with Gasteiger partial charge in [-0.05, 0) is 12.5 Å². The Balaban J connectivity index is 2.93. The maximum absolute atomic E-state index is 7.69. The second-order valence-corrected chi connectivity index (χ2v) is 2.13. The van der Waals surface area contributed by atoms with Crippen LogP contribution in [0.2, 0.25) is 0 Å². The summed E-state index contributed by atoms with van der Waals surface area (Å²) in [5, 5.41) is 0. The second-order valence-electron chi connectivity index (χ2n) is 2.13. The van der Waals surface area contributed by atoms with E-state index in [-0.39, 0.29) is 0 Å². The second kappa shape index (κ2) is 3.37. The lowest BCUT2D eigenvalue weighted by Gasteiger charge is -2.07. The Morgan fingerprint density at radius 3 is 2.50 bits per heavy atom. The normalized spacial score (nSPS) is 17.6. The van der Waals surface area contributed by atoms with Crippen molar-refractivity contribution in [3.05, 3.63) is 35.9 Å². The van der Waals surface area contributed by atoms with E-state index in [1.165, 1.54) is 0 Å². The van der Waals surface area contributed by atoms with E-state index in [1.54, 1.807) is 14.0 Å². The van der Waals surface area contributed by atoms with Crippen LogP contribution in [0.15, 0.2) is 30.3 Å². The minimum atomic E-state index is -0.915. The molecule has 0 saturated carbocycles. The van der Waals surface area contributed by atoms with Gasteiger partial charge in [0.1, 0.15) is 0 Å². The van der Waals surface area contributed by atoms with E-state index < -0.39 is 6.08 Å². The average Bonchev–Trinajstić information content (AvgIpc) is 2.06. The van der Waals surface area contributed by atoms with Crippen LogP contribution in [0.4, 0.5) is 0 Å². The molecule has 0 bridgehead atoms. The lowest BCUT2D eigenvalue weighted by atomic mass is 10.1. The Morgan fingerprint density at radius 2 is 2.00 bits per heavy atom. The molecule has 1 nitrogen and oxygen atoms in total. The molecule has 0 radical (unpaired) electrons. The molecule has 10 heavy (non-hydrogen) atoms. The molecule has 0 heterocycles. The van der Waals surface area contributed by atoms with Gasteiger partial charge in [-0.3, -0.25) is 0 Å². The Bertz CT molecular complexity index is 218. The molecule has 54 valence electrons. The highest BCUT2D eigenvalue weighted by Gasteiger charge is 1.99. The zero-order valence-corrected chi connectivity index (χ0v) is 6.29. The van der Waals surface area contributed by atoms with Gasteiger partial charge in [-0.1, -0.05) is 30.3 Å². The summed E-state index contributed by atoms with van der Waals surface area (Å²) in [4.78, 5) is 0. The lowest BCUT2D eigenvalue weighted by Crippen LogP contribution is -1.93. The minimum Gasteiger partial charge on any atom is -0.377 e. The molecule has 0 aliphatic heterocycles. The Hall–Kier alpha value is -0.820. The van der Waals surface area contributed by atoms with Crippen LogP contribution in [-0.2, 0) is 4.74 Å². The monoisotopic (exact) mass is 137 g/mol. The van der Waals surface area contributed by atoms with E-state index in [0.717, 1.165) is 5.56 Å². The van der Waals surface area contributed by atoms with Crippen molar-refractivity contribution in [2.24, 2.45) is 0 Å². The summed E-state index contributed by atoms with van der Waals surface area (Å²) in [7, 11) is 1.54. The highest BCUT2D eigenvalue weighted by atomic mass is 16.5. The van der Waals surface area contributed by atoms with Crippen molar-refractivity contribution in [1.82, 2.24) is 0 Å². The van der Waals surface area contributed by atoms with Crippen molar-refractivity contribution < 1.29 is 6.11 Å². The van der Waals surface area contributed by atoms with Crippen molar-refractivity contribution in [1.29, 1.82) is 0 Å². The Labute approximate surface area is 63.0 Å². The van der Waals surface area contributed by atoms with Crippen LogP contribution in [0, 0.1) is 0 Å². The molecule has 0 saturated heterocycles. The minimum absolute atomic E-state index is 0.877. The zero-order valence-electron chi connectivity index (χ0n) is 7.29. The molecule has 0 aliphatic carbocycles. The van der Waals surface area contributed by atoms with Crippen LogP contribution < -0.4 is 0 Å². The summed E-state index contributed by atoms with van der Waals surface area (Å²) in [5.41, 5.74) is 0.877. The van der Waals surface area contributed by atoms with E-state index in [1.807, 2.05) is 30.3 Å². The van der Waals surface area contributed by atoms with Crippen molar-refractivity contribution in [2.45, 2.75) is 13.0 Å². The summed E-state index contributed by atoms with van der Waals surface area (Å²) in [6, 6.07) is 9.50. The highest BCUT2D eigenvalue weighted by Crippen LogP contribution is 2.13. The van der Waals surface area contributed by atoms with Gasteiger partial charge >= 0.3 is 0 Å². The Morgan fingerprint density at radius 1 is 1.40 bits per heavy atom. The fraction of sp³-hybridized carbons (Fsp3) is 0.333. The first-order chi connectivity index (χ1) is 5.17. The smallest absolute Gasteiger partial charge is 0.0793 e.